The highest BCUT2D eigenvalue weighted by Gasteiger charge is 2.25. The molecule has 1 aliphatic heterocycles. The number of carbonyl (C=O) groups excluding carboxylic acids is 1. The van der Waals surface area contributed by atoms with Gasteiger partial charge in [0.25, 0.3) is 0 Å². The number of nitrogens with one attached hydrogen (secondary N) is 2. The van der Waals surface area contributed by atoms with Crippen LogP contribution in [0.5, 0.6) is 0 Å². The van der Waals surface area contributed by atoms with Crippen molar-refractivity contribution in [1.29, 1.82) is 0 Å². The normalized spacial score (nSPS) is 15.3. The summed E-state index contributed by atoms with van der Waals surface area (Å²) in [6.07, 6.45) is 1.08. The maximum absolute atomic E-state index is 12.3. The number of carbonyl (C=O) groups is 1. The number of amides is 1. The van der Waals surface area contributed by atoms with Crippen LogP contribution in [0.3, 0.4) is 0 Å². The molecule has 21 heavy (non-hydrogen) atoms. The first-order chi connectivity index (χ1) is 10.1. The van der Waals surface area contributed by atoms with Crippen molar-refractivity contribution >= 4 is 11.6 Å². The molecule has 0 bridgehead atoms. The molecule has 0 unspecified atom stereocenters. The summed E-state index contributed by atoms with van der Waals surface area (Å²) < 4.78 is 0. The van der Waals surface area contributed by atoms with Crippen LogP contribution in [-0.2, 0) is 4.79 Å². The average Bonchev–Trinajstić information content (AvgIpc) is 2.37. The second-order valence-corrected chi connectivity index (χ2v) is 6.11. The molecule has 0 saturated carbocycles. The Bertz CT molecular complexity index is 469. The van der Waals surface area contributed by atoms with E-state index in [4.69, 9.17) is 0 Å². The van der Waals surface area contributed by atoms with Crippen LogP contribution in [0.15, 0.2) is 24.3 Å². The molecule has 1 heterocycles. The number of hydrogen-bond acceptors (Lipinski definition) is 3. The minimum absolute atomic E-state index is 0.0799. The fourth-order valence-corrected chi connectivity index (χ4v) is 2.57. The van der Waals surface area contributed by atoms with E-state index in [2.05, 4.69) is 48.4 Å². The lowest BCUT2D eigenvalue weighted by Crippen LogP contribution is -2.58. The van der Waals surface area contributed by atoms with Crippen LogP contribution < -0.4 is 10.6 Å². The van der Waals surface area contributed by atoms with E-state index in [1.165, 1.54) is 5.56 Å². The van der Waals surface area contributed by atoms with Crippen LogP contribution in [0.1, 0.15) is 38.7 Å². The van der Waals surface area contributed by atoms with Gasteiger partial charge in [0, 0.05) is 24.8 Å². The molecule has 0 spiro atoms. The Morgan fingerprint density at radius 2 is 2.19 bits per heavy atom. The molecule has 1 fully saturated rings. The number of benzene rings is 1. The maximum Gasteiger partial charge on any atom is 0.238 e. The van der Waals surface area contributed by atoms with Crippen molar-refractivity contribution in [2.75, 3.05) is 31.5 Å². The topological polar surface area (TPSA) is 44.4 Å². The standard InChI is InChI=1S/C17H27N3O/c1-4-8-20(16-10-18-11-16)12-17(21)19-15-7-5-6-14(9-15)13(2)3/h5-7,9,13,16,18H,4,8,10-12H2,1-3H3,(H,19,21). The molecule has 2 rings (SSSR count). The van der Waals surface area contributed by atoms with Gasteiger partial charge in [0.2, 0.25) is 5.91 Å². The van der Waals surface area contributed by atoms with E-state index in [9.17, 15) is 4.79 Å². The molecular formula is C17H27N3O. The Kier molecular flexibility index (Phi) is 5.76. The molecule has 1 amide bonds. The number of hydrogen-bond donors (Lipinski definition) is 2. The lowest BCUT2D eigenvalue weighted by Gasteiger charge is -2.37. The highest BCUT2D eigenvalue weighted by molar-refractivity contribution is 5.92. The van der Waals surface area contributed by atoms with Crippen molar-refractivity contribution in [3.05, 3.63) is 29.8 Å². The molecule has 1 aliphatic rings. The molecular weight excluding hydrogens is 262 g/mol. The predicted molar refractivity (Wildman–Crippen MR) is 87.7 cm³/mol. The number of rotatable bonds is 7. The largest absolute Gasteiger partial charge is 0.325 e. The van der Waals surface area contributed by atoms with Crippen LogP contribution in [-0.4, -0.2) is 43.0 Å². The maximum atomic E-state index is 12.3. The van der Waals surface area contributed by atoms with E-state index in [1.807, 2.05) is 12.1 Å². The van der Waals surface area contributed by atoms with Crippen LogP contribution in [0.25, 0.3) is 0 Å². The van der Waals surface area contributed by atoms with Gasteiger partial charge in [-0.3, -0.25) is 9.69 Å². The summed E-state index contributed by atoms with van der Waals surface area (Å²) in [5, 5.41) is 6.30. The van der Waals surface area contributed by atoms with Gasteiger partial charge in [-0.1, -0.05) is 32.9 Å². The zero-order valence-corrected chi connectivity index (χ0v) is 13.4. The van der Waals surface area contributed by atoms with E-state index in [1.54, 1.807) is 0 Å². The molecule has 0 radical (unpaired) electrons. The van der Waals surface area contributed by atoms with E-state index >= 15 is 0 Å². The molecule has 4 nitrogen and oxygen atoms in total. The van der Waals surface area contributed by atoms with Gasteiger partial charge >= 0.3 is 0 Å². The van der Waals surface area contributed by atoms with Gasteiger partial charge in [0.15, 0.2) is 0 Å². The van der Waals surface area contributed by atoms with E-state index < -0.39 is 0 Å². The fourth-order valence-electron chi connectivity index (χ4n) is 2.57. The Morgan fingerprint density at radius 1 is 1.43 bits per heavy atom. The summed E-state index contributed by atoms with van der Waals surface area (Å²) in [6, 6.07) is 8.64. The zero-order chi connectivity index (χ0) is 15.2. The van der Waals surface area contributed by atoms with Gasteiger partial charge in [-0.15, -0.1) is 0 Å². The average molecular weight is 289 g/mol. The molecule has 2 N–H and O–H groups in total. The Hall–Kier alpha value is -1.39. The van der Waals surface area contributed by atoms with Crippen LogP contribution in [0.2, 0.25) is 0 Å². The van der Waals surface area contributed by atoms with E-state index in [-0.39, 0.29) is 5.91 Å². The molecule has 4 heteroatoms. The smallest absolute Gasteiger partial charge is 0.238 e. The van der Waals surface area contributed by atoms with Gasteiger partial charge in [0.05, 0.1) is 6.54 Å². The molecule has 0 atom stereocenters. The second kappa shape index (κ2) is 7.57. The Labute approximate surface area is 127 Å². The highest BCUT2D eigenvalue weighted by atomic mass is 16.2. The van der Waals surface area contributed by atoms with Crippen molar-refractivity contribution in [2.45, 2.75) is 39.2 Å². The van der Waals surface area contributed by atoms with Gasteiger partial charge < -0.3 is 10.6 Å². The third kappa shape index (κ3) is 4.55. The second-order valence-electron chi connectivity index (χ2n) is 6.11. The molecule has 1 aromatic carbocycles. The van der Waals surface area contributed by atoms with Crippen molar-refractivity contribution < 1.29 is 4.79 Å². The van der Waals surface area contributed by atoms with Gasteiger partial charge in [0.1, 0.15) is 0 Å². The molecule has 1 aromatic rings. The Balaban J connectivity index is 1.92. The summed E-state index contributed by atoms with van der Waals surface area (Å²) in [6.45, 7) is 9.92. The number of nitrogens with zero attached hydrogens (tertiary/aromatic N) is 1. The van der Waals surface area contributed by atoms with E-state index in [0.29, 0.717) is 18.5 Å². The molecule has 0 aliphatic carbocycles. The molecule has 1 saturated heterocycles. The Morgan fingerprint density at radius 3 is 2.76 bits per heavy atom. The zero-order valence-electron chi connectivity index (χ0n) is 13.4. The van der Waals surface area contributed by atoms with Crippen LogP contribution in [0.4, 0.5) is 5.69 Å². The summed E-state index contributed by atoms with van der Waals surface area (Å²) in [5.41, 5.74) is 2.15. The SMILES string of the molecule is CCCN(CC(=O)Nc1cccc(C(C)C)c1)C1CNC1. The van der Waals surface area contributed by atoms with Crippen molar-refractivity contribution in [3.8, 4) is 0 Å². The fraction of sp³-hybridized carbons (Fsp3) is 0.588. The van der Waals surface area contributed by atoms with Crippen LogP contribution >= 0.6 is 0 Å². The monoisotopic (exact) mass is 289 g/mol. The third-order valence-corrected chi connectivity index (χ3v) is 3.97. The van der Waals surface area contributed by atoms with Crippen molar-refractivity contribution in [3.63, 3.8) is 0 Å². The van der Waals surface area contributed by atoms with Gasteiger partial charge in [-0.05, 0) is 36.6 Å². The predicted octanol–water partition coefficient (Wildman–Crippen LogP) is 2.43. The summed E-state index contributed by atoms with van der Waals surface area (Å²) in [7, 11) is 0. The van der Waals surface area contributed by atoms with Crippen molar-refractivity contribution in [1.82, 2.24) is 10.2 Å². The molecule has 0 aromatic heterocycles. The van der Waals surface area contributed by atoms with Crippen molar-refractivity contribution in [2.24, 2.45) is 0 Å². The summed E-state index contributed by atoms with van der Waals surface area (Å²) in [5.74, 6) is 0.552. The summed E-state index contributed by atoms with van der Waals surface area (Å²) in [4.78, 5) is 14.5. The summed E-state index contributed by atoms with van der Waals surface area (Å²) >= 11 is 0. The minimum atomic E-state index is 0.0799. The first kappa shape index (κ1) is 16.0. The third-order valence-electron chi connectivity index (χ3n) is 3.97. The number of anilines is 1. The van der Waals surface area contributed by atoms with Gasteiger partial charge in [-0.2, -0.15) is 0 Å². The minimum Gasteiger partial charge on any atom is -0.325 e. The first-order valence-electron chi connectivity index (χ1n) is 7.94. The quantitative estimate of drug-likeness (QED) is 0.810. The first-order valence-corrected chi connectivity index (χ1v) is 7.94. The van der Waals surface area contributed by atoms with E-state index in [0.717, 1.165) is 31.7 Å². The lowest BCUT2D eigenvalue weighted by atomic mass is 10.0. The van der Waals surface area contributed by atoms with Gasteiger partial charge in [-0.25, -0.2) is 0 Å². The van der Waals surface area contributed by atoms with Crippen LogP contribution in [0, 0.1) is 0 Å². The molecule has 116 valence electrons. The highest BCUT2D eigenvalue weighted by Crippen LogP contribution is 2.18. The lowest BCUT2D eigenvalue weighted by molar-refractivity contribution is -0.118.